The van der Waals surface area contributed by atoms with Crippen LogP contribution in [0.15, 0.2) is 24.4 Å². The molecule has 0 saturated carbocycles. The number of nitrogens with zero attached hydrogens (tertiary/aromatic N) is 2. The zero-order chi connectivity index (χ0) is 9.26. The van der Waals surface area contributed by atoms with E-state index in [4.69, 9.17) is 0 Å². The second-order valence-electron chi connectivity index (χ2n) is 3.16. The molecule has 13 heavy (non-hydrogen) atoms. The van der Waals surface area contributed by atoms with Crippen molar-refractivity contribution >= 4 is 10.9 Å². The maximum Gasteiger partial charge on any atom is 0.125 e. The van der Waals surface area contributed by atoms with E-state index in [2.05, 4.69) is 35.1 Å². The smallest absolute Gasteiger partial charge is 0.125 e. The molecule has 1 aromatic heterocycles. The Morgan fingerprint density at radius 2 is 2.15 bits per heavy atom. The highest BCUT2D eigenvalue weighted by molar-refractivity contribution is 5.78. The van der Waals surface area contributed by atoms with Gasteiger partial charge in [-0.05, 0) is 31.0 Å². The van der Waals surface area contributed by atoms with Gasteiger partial charge in [0.2, 0.25) is 0 Å². The first kappa shape index (κ1) is 8.17. The van der Waals surface area contributed by atoms with Gasteiger partial charge < -0.3 is 0 Å². The lowest BCUT2D eigenvalue weighted by Crippen LogP contribution is -1.88. The molecule has 0 saturated heterocycles. The van der Waals surface area contributed by atoms with Crippen molar-refractivity contribution in [3.05, 3.63) is 35.8 Å². The van der Waals surface area contributed by atoms with Gasteiger partial charge in [-0.2, -0.15) is 0 Å². The molecule has 0 aliphatic carbocycles. The van der Waals surface area contributed by atoms with Gasteiger partial charge in [-0.25, -0.2) is 9.97 Å². The highest BCUT2D eigenvalue weighted by Crippen LogP contribution is 2.13. The van der Waals surface area contributed by atoms with Crippen LogP contribution in [0, 0.1) is 6.92 Å². The number of hydrogen-bond donors (Lipinski definition) is 0. The van der Waals surface area contributed by atoms with E-state index in [1.54, 1.807) is 0 Å². The molecule has 0 aliphatic rings. The summed E-state index contributed by atoms with van der Waals surface area (Å²) in [5, 5.41) is 1.13. The lowest BCUT2D eigenvalue weighted by molar-refractivity contribution is 1.08. The first-order valence-electron chi connectivity index (χ1n) is 4.52. The van der Waals surface area contributed by atoms with Crippen LogP contribution in [0.3, 0.4) is 0 Å². The predicted octanol–water partition coefficient (Wildman–Crippen LogP) is 2.50. The summed E-state index contributed by atoms with van der Waals surface area (Å²) in [6, 6.07) is 6.33. The average molecular weight is 172 g/mol. The van der Waals surface area contributed by atoms with Crippen molar-refractivity contribution in [1.29, 1.82) is 0 Å². The quantitative estimate of drug-likeness (QED) is 0.660. The Hall–Kier alpha value is -1.44. The monoisotopic (exact) mass is 172 g/mol. The third kappa shape index (κ3) is 1.52. The topological polar surface area (TPSA) is 25.8 Å². The van der Waals surface area contributed by atoms with Gasteiger partial charge in [0.25, 0.3) is 0 Å². The van der Waals surface area contributed by atoms with E-state index < -0.39 is 0 Å². The number of rotatable bonds is 1. The van der Waals surface area contributed by atoms with Gasteiger partial charge >= 0.3 is 0 Å². The SMILES string of the molecule is CCc1ccc2nc(C)ncc2c1. The summed E-state index contributed by atoms with van der Waals surface area (Å²) in [5.41, 5.74) is 2.37. The van der Waals surface area contributed by atoms with E-state index in [1.807, 2.05) is 13.1 Å². The van der Waals surface area contributed by atoms with E-state index in [0.29, 0.717) is 0 Å². The molecule has 0 bridgehead atoms. The van der Waals surface area contributed by atoms with E-state index in [0.717, 1.165) is 23.1 Å². The van der Waals surface area contributed by atoms with Crippen LogP contribution in [0.4, 0.5) is 0 Å². The van der Waals surface area contributed by atoms with Crippen molar-refractivity contribution in [2.45, 2.75) is 20.3 Å². The van der Waals surface area contributed by atoms with E-state index in [-0.39, 0.29) is 0 Å². The summed E-state index contributed by atoms with van der Waals surface area (Å²) in [6.45, 7) is 4.06. The molecule has 0 aliphatic heterocycles. The zero-order valence-electron chi connectivity index (χ0n) is 7.91. The van der Waals surface area contributed by atoms with Crippen molar-refractivity contribution in [2.24, 2.45) is 0 Å². The first-order valence-corrected chi connectivity index (χ1v) is 4.52. The molecular formula is C11H12N2. The Bertz CT molecular complexity index is 435. The molecule has 66 valence electrons. The second kappa shape index (κ2) is 3.13. The number of fused-ring (bicyclic) bond motifs is 1. The van der Waals surface area contributed by atoms with Crippen LogP contribution in [0.25, 0.3) is 10.9 Å². The molecule has 0 N–H and O–H groups in total. The molecular weight excluding hydrogens is 160 g/mol. The minimum atomic E-state index is 0.830. The van der Waals surface area contributed by atoms with Crippen molar-refractivity contribution in [3.8, 4) is 0 Å². The fourth-order valence-corrected chi connectivity index (χ4v) is 1.40. The molecule has 2 heteroatoms. The lowest BCUT2D eigenvalue weighted by atomic mass is 10.1. The Kier molecular flexibility index (Phi) is 1.97. The Morgan fingerprint density at radius 1 is 1.31 bits per heavy atom. The maximum atomic E-state index is 4.34. The third-order valence-electron chi connectivity index (χ3n) is 2.17. The Balaban J connectivity index is 2.66. The van der Waals surface area contributed by atoms with Gasteiger partial charge in [-0.1, -0.05) is 13.0 Å². The molecule has 0 atom stereocenters. The molecule has 0 amide bonds. The Labute approximate surface area is 77.6 Å². The fourth-order valence-electron chi connectivity index (χ4n) is 1.40. The van der Waals surface area contributed by atoms with E-state index >= 15 is 0 Å². The van der Waals surface area contributed by atoms with Crippen LogP contribution in [-0.2, 0) is 6.42 Å². The summed E-state index contributed by atoms with van der Waals surface area (Å²) >= 11 is 0. The molecule has 2 aromatic rings. The van der Waals surface area contributed by atoms with Crippen molar-refractivity contribution in [3.63, 3.8) is 0 Å². The van der Waals surface area contributed by atoms with Crippen LogP contribution in [0.1, 0.15) is 18.3 Å². The highest BCUT2D eigenvalue weighted by atomic mass is 14.9. The number of hydrogen-bond acceptors (Lipinski definition) is 2. The van der Waals surface area contributed by atoms with Crippen molar-refractivity contribution < 1.29 is 0 Å². The maximum absolute atomic E-state index is 4.34. The fraction of sp³-hybridized carbons (Fsp3) is 0.273. The van der Waals surface area contributed by atoms with Gasteiger partial charge in [0.15, 0.2) is 0 Å². The molecule has 1 aromatic carbocycles. The van der Waals surface area contributed by atoms with Crippen molar-refractivity contribution in [1.82, 2.24) is 9.97 Å². The lowest BCUT2D eigenvalue weighted by Gasteiger charge is -2.00. The summed E-state index contributed by atoms with van der Waals surface area (Å²) < 4.78 is 0. The van der Waals surface area contributed by atoms with Crippen LogP contribution in [-0.4, -0.2) is 9.97 Å². The van der Waals surface area contributed by atoms with Crippen LogP contribution < -0.4 is 0 Å². The molecule has 2 rings (SSSR count). The van der Waals surface area contributed by atoms with E-state index in [9.17, 15) is 0 Å². The summed E-state index contributed by atoms with van der Waals surface area (Å²) in [7, 11) is 0. The van der Waals surface area contributed by atoms with Gasteiger partial charge in [0.1, 0.15) is 5.82 Å². The molecule has 0 unspecified atom stereocenters. The molecule has 0 spiro atoms. The average Bonchev–Trinajstić information content (AvgIpc) is 2.17. The van der Waals surface area contributed by atoms with Gasteiger partial charge in [-0.3, -0.25) is 0 Å². The minimum absolute atomic E-state index is 0.830. The number of aromatic nitrogens is 2. The second-order valence-corrected chi connectivity index (χ2v) is 3.16. The van der Waals surface area contributed by atoms with Gasteiger partial charge in [0, 0.05) is 11.6 Å². The Morgan fingerprint density at radius 3 is 2.92 bits per heavy atom. The largest absolute Gasteiger partial charge is 0.241 e. The summed E-state index contributed by atoms with van der Waals surface area (Å²) in [5.74, 6) is 0.830. The first-order chi connectivity index (χ1) is 6.29. The number of aryl methyl sites for hydroxylation is 2. The van der Waals surface area contributed by atoms with Crippen LogP contribution in [0.5, 0.6) is 0 Å². The van der Waals surface area contributed by atoms with Gasteiger partial charge in [-0.15, -0.1) is 0 Å². The normalized spacial score (nSPS) is 10.6. The number of benzene rings is 1. The van der Waals surface area contributed by atoms with Crippen LogP contribution in [0.2, 0.25) is 0 Å². The molecule has 2 nitrogen and oxygen atoms in total. The highest BCUT2D eigenvalue weighted by Gasteiger charge is 1.96. The molecule has 1 heterocycles. The van der Waals surface area contributed by atoms with Gasteiger partial charge in [0.05, 0.1) is 5.52 Å². The third-order valence-corrected chi connectivity index (χ3v) is 2.17. The van der Waals surface area contributed by atoms with E-state index in [1.165, 1.54) is 5.56 Å². The molecule has 0 fully saturated rings. The van der Waals surface area contributed by atoms with Crippen molar-refractivity contribution in [2.75, 3.05) is 0 Å². The minimum Gasteiger partial charge on any atom is -0.241 e. The molecule has 0 radical (unpaired) electrons. The standard InChI is InChI=1S/C11H12N2/c1-3-9-4-5-11-10(6-9)7-12-8(2)13-11/h4-7H,3H2,1-2H3. The summed E-state index contributed by atoms with van der Waals surface area (Å²) in [6.07, 6.45) is 2.95. The zero-order valence-corrected chi connectivity index (χ0v) is 7.91. The predicted molar refractivity (Wildman–Crippen MR) is 53.7 cm³/mol. The van der Waals surface area contributed by atoms with Crippen LogP contribution >= 0.6 is 0 Å². The summed E-state index contributed by atoms with van der Waals surface area (Å²) in [4.78, 5) is 8.51.